The summed E-state index contributed by atoms with van der Waals surface area (Å²) in [5, 5.41) is 11.4. The zero-order chi connectivity index (χ0) is 11.1. The summed E-state index contributed by atoms with van der Waals surface area (Å²) >= 11 is 0. The molecule has 1 aromatic rings. The van der Waals surface area contributed by atoms with Crippen LogP contribution in [0.5, 0.6) is 0 Å². The normalized spacial score (nSPS) is 17.1. The van der Waals surface area contributed by atoms with Crippen LogP contribution in [0.15, 0.2) is 33.6 Å². The molecular weight excluding hydrogens is 239 g/mol. The maximum atomic E-state index is 11.5. The molecule has 0 saturated carbocycles. The number of hydrogen-bond donors (Lipinski definition) is 0. The van der Waals surface area contributed by atoms with Crippen molar-refractivity contribution in [1.29, 1.82) is 0 Å². The van der Waals surface area contributed by atoms with E-state index in [0.29, 0.717) is 12.2 Å². The van der Waals surface area contributed by atoms with Gasteiger partial charge in [-0.3, -0.25) is 0 Å². The third-order valence-corrected chi connectivity index (χ3v) is 3.48. The molecule has 7 heteroatoms. The van der Waals surface area contributed by atoms with Gasteiger partial charge in [0.25, 0.3) is 10.0 Å². The molecule has 0 aliphatic carbocycles. The Balaban J connectivity index is 0.00000128. The number of amidine groups is 1. The Morgan fingerprint density at radius 3 is 2.62 bits per heavy atom. The molecule has 0 unspecified atom stereocenters. The predicted octanol–water partition coefficient (Wildman–Crippen LogP) is -3.06. The van der Waals surface area contributed by atoms with Crippen molar-refractivity contribution in [2.75, 3.05) is 11.4 Å². The van der Waals surface area contributed by atoms with Crippen molar-refractivity contribution in [3.05, 3.63) is 24.3 Å². The molecule has 5 nitrogen and oxygen atoms in total. The molecule has 0 aromatic heterocycles. The fourth-order valence-corrected chi connectivity index (χ4v) is 2.60. The number of benzene rings is 1. The Bertz CT molecular complexity index is 527. The van der Waals surface area contributed by atoms with Gasteiger partial charge >= 0.3 is 29.6 Å². The summed E-state index contributed by atoms with van der Waals surface area (Å²) in [6, 6.07) is 5.62. The van der Waals surface area contributed by atoms with E-state index in [0.717, 1.165) is 0 Å². The fraction of sp³-hybridized carbons (Fsp3) is 0.222. The summed E-state index contributed by atoms with van der Waals surface area (Å²) < 4.78 is 26.2. The molecule has 80 valence electrons. The second-order valence-electron chi connectivity index (χ2n) is 3.06. The molecule has 2 rings (SSSR count). The van der Waals surface area contributed by atoms with Gasteiger partial charge < -0.3 is 10.0 Å². The Labute approximate surface area is 116 Å². The first-order chi connectivity index (χ1) is 7.06. The van der Waals surface area contributed by atoms with Crippen molar-refractivity contribution >= 4 is 21.7 Å². The molecule has 1 aliphatic rings. The molecule has 0 N–H and O–H groups in total. The van der Waals surface area contributed by atoms with E-state index in [-0.39, 0.29) is 34.5 Å². The smallest absolute Gasteiger partial charge is 0.845 e. The number of para-hydroxylation sites is 1. The molecule has 0 saturated heterocycles. The molecule has 0 fully saturated rings. The van der Waals surface area contributed by atoms with Crippen LogP contribution in [0.3, 0.4) is 0 Å². The van der Waals surface area contributed by atoms with E-state index >= 15 is 0 Å². The number of fused-ring (bicyclic) bond motifs is 1. The van der Waals surface area contributed by atoms with Gasteiger partial charge in [-0.15, -0.1) is 0 Å². The van der Waals surface area contributed by atoms with E-state index in [4.69, 9.17) is 0 Å². The van der Waals surface area contributed by atoms with Crippen LogP contribution in [0.4, 0.5) is 5.69 Å². The minimum absolute atomic E-state index is 0. The number of rotatable bonds is 1. The Morgan fingerprint density at radius 2 is 2.00 bits per heavy atom. The van der Waals surface area contributed by atoms with Gasteiger partial charge in [0.2, 0.25) is 0 Å². The van der Waals surface area contributed by atoms with Gasteiger partial charge in [-0.05, 0) is 19.1 Å². The Morgan fingerprint density at radius 1 is 1.38 bits per heavy atom. The van der Waals surface area contributed by atoms with Crippen molar-refractivity contribution < 1.29 is 43.1 Å². The summed E-state index contributed by atoms with van der Waals surface area (Å²) in [5.41, 5.74) is 0.403. The van der Waals surface area contributed by atoms with E-state index in [1.165, 1.54) is 11.0 Å². The van der Waals surface area contributed by atoms with Crippen LogP contribution in [-0.4, -0.2) is 21.0 Å². The molecule has 0 spiro atoms. The fourth-order valence-electron chi connectivity index (χ4n) is 1.51. The van der Waals surface area contributed by atoms with Gasteiger partial charge in [-0.25, -0.2) is 0 Å². The van der Waals surface area contributed by atoms with Crippen molar-refractivity contribution in [3.8, 4) is 0 Å². The summed E-state index contributed by atoms with van der Waals surface area (Å²) in [5.74, 6) is 0. The molecule has 0 bridgehead atoms. The van der Waals surface area contributed by atoms with Gasteiger partial charge in [0.1, 0.15) is 4.90 Å². The number of anilines is 1. The SMILES string of the molecule is CCN1C([O-])=NS(=O)(=O)c2ccccc21.[Na+]. The monoisotopic (exact) mass is 248 g/mol. The van der Waals surface area contributed by atoms with Crippen LogP contribution in [0.2, 0.25) is 0 Å². The Kier molecular flexibility index (Phi) is 4.01. The van der Waals surface area contributed by atoms with Crippen molar-refractivity contribution in [3.63, 3.8) is 0 Å². The molecule has 16 heavy (non-hydrogen) atoms. The van der Waals surface area contributed by atoms with Crippen LogP contribution < -0.4 is 39.6 Å². The zero-order valence-corrected chi connectivity index (χ0v) is 11.9. The van der Waals surface area contributed by atoms with Crippen LogP contribution in [0.1, 0.15) is 6.92 Å². The van der Waals surface area contributed by atoms with Crippen molar-refractivity contribution in [2.24, 2.45) is 4.40 Å². The summed E-state index contributed by atoms with van der Waals surface area (Å²) in [6.45, 7) is 2.16. The molecule has 0 amide bonds. The topological polar surface area (TPSA) is 72.8 Å². The largest absolute Gasteiger partial charge is 1.00 e. The first-order valence-corrected chi connectivity index (χ1v) is 5.89. The van der Waals surface area contributed by atoms with E-state index in [1.807, 2.05) is 0 Å². The van der Waals surface area contributed by atoms with Crippen LogP contribution in [-0.2, 0) is 10.0 Å². The van der Waals surface area contributed by atoms with E-state index < -0.39 is 16.0 Å². The average Bonchev–Trinajstić information content (AvgIpc) is 2.17. The standard InChI is InChI=1S/C9H10N2O3S.Na/c1-2-11-7-5-3-4-6-8(7)15(13,14)10-9(11)12;/h3-6H,2H2,1H3,(H,10,12);/q;+1/p-1. The predicted molar refractivity (Wildman–Crippen MR) is 54.1 cm³/mol. The molecular formula is C9H9N2NaO3S. The second-order valence-corrected chi connectivity index (χ2v) is 4.63. The minimum atomic E-state index is -3.80. The maximum Gasteiger partial charge on any atom is 1.00 e. The van der Waals surface area contributed by atoms with Gasteiger partial charge in [0, 0.05) is 6.54 Å². The first-order valence-electron chi connectivity index (χ1n) is 4.45. The van der Waals surface area contributed by atoms with Gasteiger partial charge in [-0.1, -0.05) is 12.1 Å². The van der Waals surface area contributed by atoms with Gasteiger partial charge in [0.15, 0.2) is 0 Å². The minimum Gasteiger partial charge on any atom is -0.845 e. The third-order valence-electron chi connectivity index (χ3n) is 2.18. The van der Waals surface area contributed by atoms with E-state index in [9.17, 15) is 13.5 Å². The summed E-state index contributed by atoms with van der Waals surface area (Å²) in [6.07, 6.45) is 0. The van der Waals surface area contributed by atoms with Gasteiger partial charge in [0.05, 0.1) is 11.7 Å². The third kappa shape index (κ3) is 2.10. The zero-order valence-electron chi connectivity index (χ0n) is 9.04. The van der Waals surface area contributed by atoms with Gasteiger partial charge in [-0.2, -0.15) is 12.8 Å². The van der Waals surface area contributed by atoms with Crippen molar-refractivity contribution in [2.45, 2.75) is 11.8 Å². The van der Waals surface area contributed by atoms with Crippen LogP contribution >= 0.6 is 0 Å². The second kappa shape index (κ2) is 4.75. The maximum absolute atomic E-state index is 11.5. The average molecular weight is 248 g/mol. The van der Waals surface area contributed by atoms with Crippen LogP contribution in [0, 0.1) is 0 Å². The molecule has 0 radical (unpaired) electrons. The molecule has 0 atom stereocenters. The summed E-state index contributed by atoms with van der Waals surface area (Å²) in [4.78, 5) is 1.42. The quantitative estimate of drug-likeness (QED) is 0.495. The Hall–Kier alpha value is -0.560. The van der Waals surface area contributed by atoms with Crippen LogP contribution in [0.25, 0.3) is 0 Å². The number of nitrogens with zero attached hydrogens (tertiary/aromatic N) is 2. The molecule has 1 heterocycles. The van der Waals surface area contributed by atoms with Crippen molar-refractivity contribution in [1.82, 2.24) is 0 Å². The number of sulfonamides is 1. The molecule has 1 aromatic carbocycles. The molecule has 1 aliphatic heterocycles. The summed E-state index contributed by atoms with van der Waals surface area (Å²) in [7, 11) is -3.80. The van der Waals surface area contributed by atoms with E-state index in [2.05, 4.69) is 4.40 Å². The van der Waals surface area contributed by atoms with E-state index in [1.54, 1.807) is 25.1 Å². The first kappa shape index (κ1) is 13.5. The number of hydrogen-bond acceptors (Lipinski definition) is 4.